The molecular formula is C14H15NO4. The van der Waals surface area contributed by atoms with Crippen LogP contribution < -0.4 is 0 Å². The molecule has 5 heteroatoms. The molecule has 5 nitrogen and oxygen atoms in total. The second-order valence-corrected chi connectivity index (χ2v) is 4.12. The number of carboxylic acid groups (broad SMARTS) is 1. The molecule has 0 spiro atoms. The molecule has 100 valence electrons. The number of benzene rings is 1. The maximum Gasteiger partial charge on any atom is 0.337 e. The minimum atomic E-state index is -1.06. The lowest BCUT2D eigenvalue weighted by Crippen LogP contribution is -2.17. The Balaban J connectivity index is 2.36. The fourth-order valence-electron chi connectivity index (χ4n) is 1.91. The van der Waals surface area contributed by atoms with Crippen molar-refractivity contribution in [1.29, 1.82) is 0 Å². The summed E-state index contributed by atoms with van der Waals surface area (Å²) < 4.78 is 5.34. The average molecular weight is 261 g/mol. The smallest absolute Gasteiger partial charge is 0.337 e. The number of rotatable bonds is 6. The monoisotopic (exact) mass is 261 g/mol. The molecule has 19 heavy (non-hydrogen) atoms. The van der Waals surface area contributed by atoms with Gasteiger partial charge in [-0.15, -0.1) is 0 Å². The van der Waals surface area contributed by atoms with Crippen LogP contribution in [0, 0.1) is 0 Å². The zero-order valence-electron chi connectivity index (χ0n) is 10.3. The highest BCUT2D eigenvalue weighted by Crippen LogP contribution is 2.25. The van der Waals surface area contributed by atoms with Crippen LogP contribution in [-0.4, -0.2) is 34.4 Å². The van der Waals surface area contributed by atoms with Crippen LogP contribution in [0.3, 0.4) is 0 Å². The molecule has 2 N–H and O–H groups in total. The zero-order chi connectivity index (χ0) is 13.7. The number of nitrogens with zero attached hydrogens (tertiary/aromatic N) is 1. The Labute approximate surface area is 110 Å². The number of fused-ring (bicyclic) bond motifs is 1. The summed E-state index contributed by atoms with van der Waals surface area (Å²) in [5, 5.41) is 19.7. The number of aliphatic carboxylic acids is 1. The van der Waals surface area contributed by atoms with Crippen LogP contribution >= 0.6 is 0 Å². The fraction of sp³-hybridized carbons (Fsp3) is 0.286. The summed E-state index contributed by atoms with van der Waals surface area (Å²) in [4.78, 5) is 15.4. The van der Waals surface area contributed by atoms with Crippen molar-refractivity contribution in [3.05, 3.63) is 42.2 Å². The van der Waals surface area contributed by atoms with Crippen molar-refractivity contribution < 1.29 is 19.7 Å². The van der Waals surface area contributed by atoms with Crippen molar-refractivity contribution in [3.8, 4) is 0 Å². The summed E-state index contributed by atoms with van der Waals surface area (Å²) in [5.41, 5.74) is 0.531. The van der Waals surface area contributed by atoms with E-state index >= 15 is 0 Å². The summed E-state index contributed by atoms with van der Waals surface area (Å²) in [6.07, 6.45) is 2.54. The molecule has 0 amide bonds. The molecule has 0 saturated carbocycles. The summed E-state index contributed by atoms with van der Waals surface area (Å²) in [6.45, 7) is 0.164. The number of hydrogen-bond acceptors (Lipinski definition) is 4. The highest BCUT2D eigenvalue weighted by Gasteiger charge is 2.22. The van der Waals surface area contributed by atoms with Crippen molar-refractivity contribution in [3.63, 3.8) is 0 Å². The third-order valence-corrected chi connectivity index (χ3v) is 2.79. The lowest BCUT2D eigenvalue weighted by molar-refractivity contribution is -0.151. The van der Waals surface area contributed by atoms with Crippen molar-refractivity contribution in [1.82, 2.24) is 4.98 Å². The van der Waals surface area contributed by atoms with Crippen molar-refractivity contribution in [2.45, 2.75) is 12.5 Å². The molecule has 0 aliphatic carbocycles. The fourth-order valence-corrected chi connectivity index (χ4v) is 1.91. The molecule has 1 heterocycles. The van der Waals surface area contributed by atoms with Gasteiger partial charge in [0.2, 0.25) is 0 Å². The van der Waals surface area contributed by atoms with Crippen LogP contribution in [0.4, 0.5) is 0 Å². The molecular weight excluding hydrogens is 246 g/mol. The molecule has 2 aromatic rings. The molecule has 1 aromatic carbocycles. The molecule has 2 rings (SSSR count). The van der Waals surface area contributed by atoms with Crippen LogP contribution in [0.25, 0.3) is 10.8 Å². The first-order valence-corrected chi connectivity index (χ1v) is 6.02. The minimum Gasteiger partial charge on any atom is -0.479 e. The summed E-state index contributed by atoms with van der Waals surface area (Å²) in [5.74, 6) is -1.06. The predicted octanol–water partition coefficient (Wildman–Crippen LogP) is 1.76. The second-order valence-electron chi connectivity index (χ2n) is 4.12. The van der Waals surface area contributed by atoms with Crippen molar-refractivity contribution in [2.75, 3.05) is 13.2 Å². The van der Waals surface area contributed by atoms with E-state index in [1.165, 1.54) is 6.20 Å². The molecule has 1 aromatic heterocycles. The van der Waals surface area contributed by atoms with Crippen molar-refractivity contribution >= 4 is 16.7 Å². The lowest BCUT2D eigenvalue weighted by atomic mass is 10.0. The van der Waals surface area contributed by atoms with E-state index in [-0.39, 0.29) is 13.2 Å². The van der Waals surface area contributed by atoms with Gasteiger partial charge in [0.1, 0.15) is 0 Å². The largest absolute Gasteiger partial charge is 0.479 e. The van der Waals surface area contributed by atoms with E-state index in [2.05, 4.69) is 4.98 Å². The Morgan fingerprint density at radius 2 is 2.11 bits per heavy atom. The van der Waals surface area contributed by atoms with E-state index in [1.807, 2.05) is 24.3 Å². The average Bonchev–Trinajstić information content (AvgIpc) is 2.43. The van der Waals surface area contributed by atoms with E-state index in [1.54, 1.807) is 6.20 Å². The molecule has 0 saturated heterocycles. The molecule has 0 aliphatic rings. The zero-order valence-corrected chi connectivity index (χ0v) is 10.3. The Kier molecular flexibility index (Phi) is 4.43. The first-order valence-electron chi connectivity index (χ1n) is 6.02. The predicted molar refractivity (Wildman–Crippen MR) is 69.8 cm³/mol. The van der Waals surface area contributed by atoms with E-state index < -0.39 is 12.1 Å². The third kappa shape index (κ3) is 3.07. The van der Waals surface area contributed by atoms with Gasteiger partial charge in [0.05, 0.1) is 6.61 Å². The second kappa shape index (κ2) is 6.26. The van der Waals surface area contributed by atoms with E-state index in [4.69, 9.17) is 9.84 Å². The van der Waals surface area contributed by atoms with E-state index in [9.17, 15) is 9.90 Å². The standard InChI is InChI=1S/C14H15NO4/c16-6-3-7-19-13(14(17)18)12-9-15-8-10-4-1-2-5-11(10)12/h1-2,4-5,8-9,13,16H,3,6-7H2,(H,17,18). The van der Waals surface area contributed by atoms with Crippen LogP contribution in [0.15, 0.2) is 36.7 Å². The molecule has 0 radical (unpaired) electrons. The molecule has 0 fully saturated rings. The Hall–Kier alpha value is -1.98. The Morgan fingerprint density at radius 1 is 1.32 bits per heavy atom. The number of pyridine rings is 1. The first kappa shape index (κ1) is 13.5. The summed E-state index contributed by atoms with van der Waals surface area (Å²) >= 11 is 0. The van der Waals surface area contributed by atoms with Gasteiger partial charge in [-0.05, 0) is 11.8 Å². The van der Waals surface area contributed by atoms with Gasteiger partial charge in [-0.25, -0.2) is 4.79 Å². The van der Waals surface area contributed by atoms with Crippen LogP contribution in [0.2, 0.25) is 0 Å². The highest BCUT2D eigenvalue weighted by molar-refractivity contribution is 5.89. The third-order valence-electron chi connectivity index (χ3n) is 2.79. The summed E-state index contributed by atoms with van der Waals surface area (Å²) in [7, 11) is 0. The SMILES string of the molecule is O=C(O)C(OCCCO)c1cncc2ccccc12. The normalized spacial score (nSPS) is 12.5. The number of ether oxygens (including phenoxy) is 1. The number of carbonyl (C=O) groups is 1. The van der Waals surface area contributed by atoms with Crippen molar-refractivity contribution in [2.24, 2.45) is 0 Å². The molecule has 0 bridgehead atoms. The number of aliphatic hydroxyl groups excluding tert-OH is 1. The van der Waals surface area contributed by atoms with Crippen LogP contribution in [0.1, 0.15) is 18.1 Å². The molecule has 0 aliphatic heterocycles. The number of aromatic nitrogens is 1. The van der Waals surface area contributed by atoms with Gasteiger partial charge in [-0.1, -0.05) is 24.3 Å². The Morgan fingerprint density at radius 3 is 2.84 bits per heavy atom. The topological polar surface area (TPSA) is 79.7 Å². The number of aliphatic hydroxyl groups is 1. The maximum absolute atomic E-state index is 11.3. The van der Waals surface area contributed by atoms with Gasteiger partial charge >= 0.3 is 5.97 Å². The summed E-state index contributed by atoms with van der Waals surface area (Å²) in [6, 6.07) is 7.44. The van der Waals surface area contributed by atoms with E-state index in [0.29, 0.717) is 12.0 Å². The molecule has 1 unspecified atom stereocenters. The minimum absolute atomic E-state index is 0.0277. The van der Waals surface area contributed by atoms with Crippen LogP contribution in [-0.2, 0) is 9.53 Å². The number of carboxylic acids is 1. The van der Waals surface area contributed by atoms with Gasteiger partial charge in [-0.3, -0.25) is 4.98 Å². The van der Waals surface area contributed by atoms with E-state index in [0.717, 1.165) is 10.8 Å². The Bertz CT molecular complexity index is 565. The van der Waals surface area contributed by atoms with Gasteiger partial charge in [-0.2, -0.15) is 0 Å². The highest BCUT2D eigenvalue weighted by atomic mass is 16.5. The van der Waals surface area contributed by atoms with Gasteiger partial charge in [0.15, 0.2) is 6.10 Å². The van der Waals surface area contributed by atoms with Crippen LogP contribution in [0.5, 0.6) is 0 Å². The quantitative estimate of drug-likeness (QED) is 0.774. The molecule has 1 atom stereocenters. The van der Waals surface area contributed by atoms with Gasteiger partial charge in [0, 0.05) is 30.0 Å². The van der Waals surface area contributed by atoms with Gasteiger partial charge in [0.25, 0.3) is 0 Å². The number of hydrogen-bond donors (Lipinski definition) is 2. The maximum atomic E-state index is 11.3. The lowest BCUT2D eigenvalue weighted by Gasteiger charge is -2.15. The van der Waals surface area contributed by atoms with Gasteiger partial charge < -0.3 is 14.9 Å². The first-order chi connectivity index (χ1) is 9.24.